The zero-order valence-corrected chi connectivity index (χ0v) is 19.3. The second-order valence-electron chi connectivity index (χ2n) is 7.02. The molecule has 0 aliphatic carbocycles. The summed E-state index contributed by atoms with van der Waals surface area (Å²) < 4.78 is 16.9. The van der Waals surface area contributed by atoms with Gasteiger partial charge in [0, 0.05) is 6.54 Å². The molecule has 0 aliphatic rings. The number of nitrogens with one attached hydrogen (secondary N) is 2. The van der Waals surface area contributed by atoms with E-state index in [9.17, 15) is 4.79 Å². The lowest BCUT2D eigenvalue weighted by molar-refractivity contribution is 0.0972. The van der Waals surface area contributed by atoms with Crippen LogP contribution in [0.1, 0.15) is 55.5 Å². The lowest BCUT2D eigenvalue weighted by Gasteiger charge is -2.14. The van der Waals surface area contributed by atoms with Crippen molar-refractivity contribution in [3.05, 3.63) is 53.6 Å². The van der Waals surface area contributed by atoms with E-state index in [1.807, 2.05) is 24.3 Å². The first-order valence-corrected chi connectivity index (χ1v) is 11.1. The molecule has 0 fully saturated rings. The number of amides is 1. The molecule has 168 valence electrons. The van der Waals surface area contributed by atoms with Gasteiger partial charge in [-0.3, -0.25) is 10.1 Å². The molecule has 2 N–H and O–H groups in total. The Kier molecular flexibility index (Phi) is 10.6. The zero-order valence-electron chi connectivity index (χ0n) is 18.5. The van der Waals surface area contributed by atoms with Crippen LogP contribution in [-0.2, 0) is 6.54 Å². The maximum absolute atomic E-state index is 12.6. The number of rotatable bonds is 12. The van der Waals surface area contributed by atoms with Gasteiger partial charge in [0.05, 0.1) is 25.9 Å². The average molecular weight is 445 g/mol. The van der Waals surface area contributed by atoms with Crippen molar-refractivity contribution in [1.82, 2.24) is 10.6 Å². The molecule has 0 spiro atoms. The van der Waals surface area contributed by atoms with Crippen LogP contribution in [0.3, 0.4) is 0 Å². The quantitative estimate of drug-likeness (QED) is 0.360. The number of carbonyl (C=O) groups excluding carboxylic acids is 1. The number of hydrogen-bond donors (Lipinski definition) is 2. The lowest BCUT2D eigenvalue weighted by Crippen LogP contribution is -2.39. The zero-order chi connectivity index (χ0) is 22.5. The van der Waals surface area contributed by atoms with Gasteiger partial charge >= 0.3 is 0 Å². The van der Waals surface area contributed by atoms with Gasteiger partial charge in [-0.05, 0) is 54.9 Å². The van der Waals surface area contributed by atoms with Crippen molar-refractivity contribution in [3.63, 3.8) is 0 Å². The molecule has 0 radical (unpaired) electrons. The minimum absolute atomic E-state index is 0.246. The highest BCUT2D eigenvalue weighted by Gasteiger charge is 2.14. The summed E-state index contributed by atoms with van der Waals surface area (Å²) in [5.41, 5.74) is 1.41. The van der Waals surface area contributed by atoms with E-state index in [0.29, 0.717) is 36.8 Å². The van der Waals surface area contributed by atoms with Gasteiger partial charge in [0.15, 0.2) is 16.6 Å². The molecule has 0 saturated carbocycles. The largest absolute Gasteiger partial charge is 0.493 e. The van der Waals surface area contributed by atoms with E-state index in [-0.39, 0.29) is 11.0 Å². The first-order chi connectivity index (χ1) is 15.1. The SMILES string of the molecule is CCCCOc1ccc(CNC(=S)NC(=O)c2ccccc2OCCCC)cc1OC. The van der Waals surface area contributed by atoms with Crippen molar-refractivity contribution in [1.29, 1.82) is 0 Å². The molecule has 0 unspecified atom stereocenters. The monoisotopic (exact) mass is 444 g/mol. The second kappa shape index (κ2) is 13.5. The third-order valence-corrected chi connectivity index (χ3v) is 4.80. The molecule has 2 rings (SSSR count). The Balaban J connectivity index is 1.91. The topological polar surface area (TPSA) is 68.8 Å². The first kappa shape index (κ1) is 24.5. The Morgan fingerprint density at radius 3 is 2.29 bits per heavy atom. The predicted octanol–water partition coefficient (Wildman–Crippen LogP) is 4.86. The number of thiocarbonyl (C=S) groups is 1. The minimum Gasteiger partial charge on any atom is -0.493 e. The summed E-state index contributed by atoms with van der Waals surface area (Å²) in [6.07, 6.45) is 4.02. The maximum atomic E-state index is 12.6. The molecule has 7 heteroatoms. The summed E-state index contributed by atoms with van der Waals surface area (Å²) in [7, 11) is 1.62. The summed E-state index contributed by atoms with van der Waals surface area (Å²) in [6.45, 7) is 5.89. The van der Waals surface area contributed by atoms with Gasteiger partial charge in [-0.15, -0.1) is 0 Å². The van der Waals surface area contributed by atoms with E-state index in [4.69, 9.17) is 26.4 Å². The van der Waals surface area contributed by atoms with Crippen LogP contribution in [0.15, 0.2) is 42.5 Å². The molecule has 2 aromatic carbocycles. The predicted molar refractivity (Wildman–Crippen MR) is 127 cm³/mol. The number of benzene rings is 2. The van der Waals surface area contributed by atoms with E-state index in [1.165, 1.54) is 0 Å². The third-order valence-electron chi connectivity index (χ3n) is 4.55. The normalized spacial score (nSPS) is 10.3. The lowest BCUT2D eigenvalue weighted by atomic mass is 10.2. The highest BCUT2D eigenvalue weighted by molar-refractivity contribution is 7.80. The molecular weight excluding hydrogens is 412 g/mol. The Morgan fingerprint density at radius 1 is 0.935 bits per heavy atom. The molecule has 0 saturated heterocycles. The Bertz CT molecular complexity index is 857. The number of hydrogen-bond acceptors (Lipinski definition) is 5. The summed E-state index contributed by atoms with van der Waals surface area (Å²) >= 11 is 5.30. The van der Waals surface area contributed by atoms with E-state index >= 15 is 0 Å². The Morgan fingerprint density at radius 2 is 1.61 bits per heavy atom. The molecule has 6 nitrogen and oxygen atoms in total. The molecule has 31 heavy (non-hydrogen) atoms. The van der Waals surface area contributed by atoms with Crippen molar-refractivity contribution in [3.8, 4) is 17.2 Å². The van der Waals surface area contributed by atoms with E-state index in [2.05, 4.69) is 24.5 Å². The van der Waals surface area contributed by atoms with Gasteiger partial charge in [-0.2, -0.15) is 0 Å². The molecule has 1 amide bonds. The second-order valence-corrected chi connectivity index (χ2v) is 7.43. The maximum Gasteiger partial charge on any atom is 0.261 e. The number of unbranched alkanes of at least 4 members (excludes halogenated alkanes) is 2. The van der Waals surface area contributed by atoms with Gasteiger partial charge in [0.25, 0.3) is 5.91 Å². The number of methoxy groups -OCH3 is 1. The van der Waals surface area contributed by atoms with Crippen molar-refractivity contribution < 1.29 is 19.0 Å². The Labute approximate surface area is 190 Å². The van der Waals surface area contributed by atoms with Crippen molar-refractivity contribution >= 4 is 23.2 Å². The number of para-hydroxylation sites is 1. The average Bonchev–Trinajstić information content (AvgIpc) is 2.78. The van der Waals surface area contributed by atoms with E-state index in [1.54, 1.807) is 25.3 Å². The standard InChI is InChI=1S/C24H32N2O4S/c1-4-6-14-29-20-11-9-8-10-19(20)23(27)26-24(31)25-17-18-12-13-21(22(16-18)28-3)30-15-7-5-2/h8-13,16H,4-7,14-15,17H2,1-3H3,(H2,25,26,27,31). The van der Waals surface area contributed by atoms with Crippen LogP contribution < -0.4 is 24.8 Å². The smallest absolute Gasteiger partial charge is 0.261 e. The Hall–Kier alpha value is -2.80. The summed E-state index contributed by atoms with van der Waals surface area (Å²) in [5, 5.41) is 6.02. The molecule has 0 bridgehead atoms. The molecule has 0 heterocycles. The molecule has 0 atom stereocenters. The minimum atomic E-state index is -0.304. The highest BCUT2D eigenvalue weighted by atomic mass is 32.1. The summed E-state index contributed by atoms with van der Waals surface area (Å²) in [5.74, 6) is 1.64. The number of ether oxygens (including phenoxy) is 3. The van der Waals surface area contributed by atoms with Crippen molar-refractivity contribution in [2.75, 3.05) is 20.3 Å². The molecule has 2 aromatic rings. The molecule has 0 aliphatic heterocycles. The fourth-order valence-electron chi connectivity index (χ4n) is 2.77. The van der Waals surface area contributed by atoms with Crippen LogP contribution >= 0.6 is 12.2 Å². The highest BCUT2D eigenvalue weighted by Crippen LogP contribution is 2.28. The van der Waals surface area contributed by atoms with Crippen LogP contribution in [-0.4, -0.2) is 31.3 Å². The molecule has 0 aromatic heterocycles. The number of carbonyl (C=O) groups is 1. The van der Waals surface area contributed by atoms with E-state index < -0.39 is 0 Å². The van der Waals surface area contributed by atoms with Crippen molar-refractivity contribution in [2.24, 2.45) is 0 Å². The van der Waals surface area contributed by atoms with Gasteiger partial charge in [0.1, 0.15) is 5.75 Å². The summed E-state index contributed by atoms with van der Waals surface area (Å²) in [4.78, 5) is 12.6. The van der Waals surface area contributed by atoms with Gasteiger partial charge in [-0.25, -0.2) is 0 Å². The van der Waals surface area contributed by atoms with Crippen LogP contribution in [0.2, 0.25) is 0 Å². The van der Waals surface area contributed by atoms with Crippen LogP contribution in [0.5, 0.6) is 17.2 Å². The molecular formula is C24H32N2O4S. The van der Waals surface area contributed by atoms with Crippen LogP contribution in [0.4, 0.5) is 0 Å². The third kappa shape index (κ3) is 8.09. The fourth-order valence-corrected chi connectivity index (χ4v) is 2.94. The van der Waals surface area contributed by atoms with E-state index in [0.717, 1.165) is 37.0 Å². The van der Waals surface area contributed by atoms with Crippen molar-refractivity contribution in [2.45, 2.75) is 46.1 Å². The van der Waals surface area contributed by atoms with Crippen LogP contribution in [0.25, 0.3) is 0 Å². The summed E-state index contributed by atoms with van der Waals surface area (Å²) in [6, 6.07) is 12.9. The van der Waals surface area contributed by atoms with Gasteiger partial charge in [-0.1, -0.05) is 44.9 Å². The fraction of sp³-hybridized carbons (Fsp3) is 0.417. The van der Waals surface area contributed by atoms with Crippen LogP contribution in [0, 0.1) is 0 Å². The van der Waals surface area contributed by atoms with Gasteiger partial charge < -0.3 is 19.5 Å². The first-order valence-electron chi connectivity index (χ1n) is 10.7. The van der Waals surface area contributed by atoms with Gasteiger partial charge in [0.2, 0.25) is 0 Å².